The number of nitrogens with two attached hydrogens (primary N) is 1. The van der Waals surface area contributed by atoms with E-state index < -0.39 is 44.1 Å². The summed E-state index contributed by atoms with van der Waals surface area (Å²) in [6, 6.07) is 18.4. The van der Waals surface area contributed by atoms with Crippen LogP contribution in [-0.4, -0.2) is 55.1 Å². The third-order valence-corrected chi connectivity index (χ3v) is 11.9. The lowest BCUT2D eigenvalue weighted by molar-refractivity contribution is -0.144. The van der Waals surface area contributed by atoms with E-state index in [0.29, 0.717) is 28.0 Å². The third-order valence-electron chi connectivity index (χ3n) is 8.30. The number of halogens is 1. The first-order chi connectivity index (χ1) is 24.4. The standard InChI is InChI=1S/C18H18INO5S.C18H20N2O5S/c2*1-10(2)17(18(21)24-3)20-26(22,23)12-5-7-14-13-6-4-11(19)8-15(13)25-16(14)9-12/h4-10,17,20H,1-3H3;4-10,17,20H,19H2,1-3H3/t2*17-/m00/s1. The highest BCUT2D eigenvalue weighted by Gasteiger charge is 2.31. The number of furan rings is 2. The molecule has 0 aliphatic heterocycles. The molecule has 52 heavy (non-hydrogen) atoms. The number of carbonyl (C=O) groups excluding carboxylic acids is 2. The van der Waals surface area contributed by atoms with Crippen LogP contribution in [0.25, 0.3) is 43.9 Å². The maximum atomic E-state index is 12.7. The molecule has 2 aromatic heterocycles. The van der Waals surface area contributed by atoms with Crippen molar-refractivity contribution in [2.75, 3.05) is 20.0 Å². The second-order valence-corrected chi connectivity index (χ2v) is 17.3. The lowest BCUT2D eigenvalue weighted by atomic mass is 10.1. The summed E-state index contributed by atoms with van der Waals surface area (Å²) in [5.74, 6) is -1.78. The van der Waals surface area contributed by atoms with Crippen molar-refractivity contribution in [1.82, 2.24) is 9.44 Å². The van der Waals surface area contributed by atoms with Crippen molar-refractivity contribution in [2.45, 2.75) is 49.6 Å². The number of nitrogens with one attached hydrogen (secondary N) is 2. The first-order valence-corrected chi connectivity index (χ1v) is 20.0. The van der Waals surface area contributed by atoms with Gasteiger partial charge in [0.15, 0.2) is 0 Å². The van der Waals surface area contributed by atoms with E-state index in [1.807, 2.05) is 24.3 Å². The average Bonchev–Trinajstić information content (AvgIpc) is 3.65. The van der Waals surface area contributed by atoms with Crippen LogP contribution >= 0.6 is 22.6 Å². The molecule has 4 N–H and O–H groups in total. The highest BCUT2D eigenvalue weighted by molar-refractivity contribution is 14.1. The zero-order valence-electron chi connectivity index (χ0n) is 29.1. The van der Waals surface area contributed by atoms with Gasteiger partial charge in [0, 0.05) is 49.0 Å². The molecule has 0 fully saturated rings. The fourth-order valence-corrected chi connectivity index (χ4v) is 8.64. The Hall–Kier alpha value is -4.23. The number of hydrogen-bond donors (Lipinski definition) is 3. The molecular weight excluding hydrogens is 825 g/mol. The second kappa shape index (κ2) is 15.4. The molecule has 13 nitrogen and oxygen atoms in total. The molecule has 0 bridgehead atoms. The Morgan fingerprint density at radius 2 is 0.981 bits per heavy atom. The molecule has 2 atom stereocenters. The van der Waals surface area contributed by atoms with Crippen molar-refractivity contribution in [1.29, 1.82) is 0 Å². The Kier molecular flexibility index (Phi) is 11.5. The molecule has 0 aliphatic rings. The molecule has 0 spiro atoms. The van der Waals surface area contributed by atoms with Crippen LogP contribution in [0.4, 0.5) is 5.69 Å². The molecule has 0 saturated heterocycles. The number of rotatable bonds is 10. The highest BCUT2D eigenvalue weighted by atomic mass is 127. The average molecular weight is 864 g/mol. The molecule has 276 valence electrons. The lowest BCUT2D eigenvalue weighted by Gasteiger charge is -2.19. The molecule has 6 aromatic rings. The van der Waals surface area contributed by atoms with Crippen LogP contribution in [0.3, 0.4) is 0 Å². The number of esters is 2. The van der Waals surface area contributed by atoms with Crippen LogP contribution in [0.15, 0.2) is 91.4 Å². The van der Waals surface area contributed by atoms with E-state index >= 15 is 0 Å². The minimum atomic E-state index is -3.93. The lowest BCUT2D eigenvalue weighted by Crippen LogP contribution is -2.44. The van der Waals surface area contributed by atoms with Crippen LogP contribution in [0.5, 0.6) is 0 Å². The summed E-state index contributed by atoms with van der Waals surface area (Å²) in [6.07, 6.45) is 0. The van der Waals surface area contributed by atoms with Gasteiger partial charge >= 0.3 is 11.9 Å². The van der Waals surface area contributed by atoms with Gasteiger partial charge in [-0.3, -0.25) is 9.59 Å². The molecule has 16 heteroatoms. The molecule has 0 aliphatic carbocycles. The third kappa shape index (κ3) is 8.20. The molecule has 4 aromatic carbocycles. The molecule has 0 saturated carbocycles. The van der Waals surface area contributed by atoms with Crippen molar-refractivity contribution < 1.29 is 44.7 Å². The van der Waals surface area contributed by atoms with Crippen molar-refractivity contribution in [3.05, 3.63) is 76.4 Å². The van der Waals surface area contributed by atoms with Crippen LogP contribution in [0.1, 0.15) is 27.7 Å². The monoisotopic (exact) mass is 863 g/mol. The van der Waals surface area contributed by atoms with E-state index in [4.69, 9.17) is 19.3 Å². The smallest absolute Gasteiger partial charge is 0.324 e. The number of fused-ring (bicyclic) bond motifs is 6. The van der Waals surface area contributed by atoms with E-state index in [2.05, 4.69) is 36.8 Å². The van der Waals surface area contributed by atoms with Crippen LogP contribution < -0.4 is 15.2 Å². The Morgan fingerprint density at radius 1 is 0.615 bits per heavy atom. The molecule has 0 unspecified atom stereocenters. The fraction of sp³-hybridized carbons (Fsp3) is 0.278. The van der Waals surface area contributed by atoms with Gasteiger partial charge in [0.05, 0.1) is 24.0 Å². The van der Waals surface area contributed by atoms with Crippen molar-refractivity contribution in [2.24, 2.45) is 11.8 Å². The van der Waals surface area contributed by atoms with Crippen LogP contribution in [-0.2, 0) is 39.1 Å². The topological polar surface area (TPSA) is 197 Å². The summed E-state index contributed by atoms with van der Waals surface area (Å²) in [5, 5.41) is 3.39. The summed E-state index contributed by atoms with van der Waals surface area (Å²) < 4.78 is 77.6. The molecular formula is C36H38IN3O10S2. The molecule has 0 radical (unpaired) electrons. The predicted molar refractivity (Wildman–Crippen MR) is 206 cm³/mol. The van der Waals surface area contributed by atoms with E-state index in [0.717, 1.165) is 25.1 Å². The summed E-state index contributed by atoms with van der Waals surface area (Å²) in [4.78, 5) is 23.7. The van der Waals surface area contributed by atoms with E-state index in [1.165, 1.54) is 38.5 Å². The number of nitrogen functional groups attached to an aromatic ring is 1. The number of hydrogen-bond acceptors (Lipinski definition) is 11. The maximum Gasteiger partial charge on any atom is 0.324 e. The quantitative estimate of drug-likeness (QED) is 0.0793. The summed E-state index contributed by atoms with van der Waals surface area (Å²) in [5.41, 5.74) is 8.50. The SMILES string of the molecule is COC(=O)[C@@H](NS(=O)(=O)c1ccc2c(c1)oc1cc(I)ccc12)C(C)C.COC(=O)[C@@H](NS(=O)(=O)c1ccc2c(c1)oc1cc(N)ccc12)C(C)C. The van der Waals surface area contributed by atoms with Crippen LogP contribution in [0.2, 0.25) is 0 Å². The van der Waals surface area contributed by atoms with Gasteiger partial charge in [0.1, 0.15) is 34.4 Å². The van der Waals surface area contributed by atoms with E-state index in [1.54, 1.807) is 52.0 Å². The first kappa shape index (κ1) is 39.0. The number of ether oxygens (including phenoxy) is 2. The first-order valence-electron chi connectivity index (χ1n) is 16.0. The number of benzene rings is 4. The minimum Gasteiger partial charge on any atom is -0.468 e. The maximum absolute atomic E-state index is 12.7. The highest BCUT2D eigenvalue weighted by Crippen LogP contribution is 2.33. The predicted octanol–water partition coefficient (Wildman–Crippen LogP) is 6.31. The van der Waals surface area contributed by atoms with Gasteiger partial charge in [-0.2, -0.15) is 9.44 Å². The zero-order chi connectivity index (χ0) is 38.1. The van der Waals surface area contributed by atoms with Gasteiger partial charge in [-0.1, -0.05) is 27.7 Å². The van der Waals surface area contributed by atoms with Gasteiger partial charge in [-0.05, 0) is 89.0 Å². The Labute approximate surface area is 314 Å². The van der Waals surface area contributed by atoms with Gasteiger partial charge in [-0.25, -0.2) is 16.8 Å². The summed E-state index contributed by atoms with van der Waals surface area (Å²) >= 11 is 2.19. The van der Waals surface area contributed by atoms with E-state index in [9.17, 15) is 26.4 Å². The molecule has 6 rings (SSSR count). The van der Waals surface area contributed by atoms with Gasteiger partial charge in [0.2, 0.25) is 20.0 Å². The zero-order valence-corrected chi connectivity index (χ0v) is 32.9. The second-order valence-electron chi connectivity index (χ2n) is 12.6. The van der Waals surface area contributed by atoms with Gasteiger partial charge in [0.25, 0.3) is 0 Å². The minimum absolute atomic E-state index is 0.00609. The molecule has 0 amide bonds. The Balaban J connectivity index is 0.000000201. The molecule has 2 heterocycles. The normalized spacial score (nSPS) is 13.4. The summed E-state index contributed by atoms with van der Waals surface area (Å²) in [7, 11) is -5.39. The van der Waals surface area contributed by atoms with Gasteiger partial charge < -0.3 is 24.0 Å². The van der Waals surface area contributed by atoms with Gasteiger partial charge in [-0.15, -0.1) is 0 Å². The number of anilines is 1. The number of sulfonamides is 2. The van der Waals surface area contributed by atoms with Crippen molar-refractivity contribution >= 4 is 104 Å². The summed E-state index contributed by atoms with van der Waals surface area (Å²) in [6.45, 7) is 6.95. The largest absolute Gasteiger partial charge is 0.468 e. The van der Waals surface area contributed by atoms with Crippen molar-refractivity contribution in [3.8, 4) is 0 Å². The Bertz CT molecular complexity index is 2350. The number of carbonyl (C=O) groups is 2. The van der Waals surface area contributed by atoms with Crippen LogP contribution in [0, 0.1) is 15.4 Å². The fourth-order valence-electron chi connectivity index (χ4n) is 5.48. The van der Waals surface area contributed by atoms with E-state index in [-0.39, 0.29) is 21.6 Å². The van der Waals surface area contributed by atoms with Crippen molar-refractivity contribution in [3.63, 3.8) is 0 Å². The Morgan fingerprint density at radius 3 is 1.38 bits per heavy atom. The number of methoxy groups -OCH3 is 2.